The molecule has 0 heterocycles. The number of ether oxygens (including phenoxy) is 3. The van der Waals surface area contributed by atoms with E-state index >= 15 is 0 Å². The molecule has 166 valence electrons. The summed E-state index contributed by atoms with van der Waals surface area (Å²) in [6.45, 7) is 7.22. The highest BCUT2D eigenvalue weighted by atomic mass is 127. The number of guanidine groups is 1. The zero-order valence-corrected chi connectivity index (χ0v) is 20.7. The molecule has 2 aromatic carbocycles. The molecule has 0 aliphatic rings. The second kappa shape index (κ2) is 14.9. The second-order valence-electron chi connectivity index (χ2n) is 6.64. The van der Waals surface area contributed by atoms with Crippen molar-refractivity contribution in [2.45, 2.75) is 26.8 Å². The van der Waals surface area contributed by atoms with Crippen molar-refractivity contribution in [2.75, 3.05) is 40.5 Å². The molecule has 0 bridgehead atoms. The van der Waals surface area contributed by atoms with Gasteiger partial charge in [0.25, 0.3) is 0 Å². The van der Waals surface area contributed by atoms with Gasteiger partial charge >= 0.3 is 0 Å². The highest BCUT2D eigenvalue weighted by Crippen LogP contribution is 2.20. The van der Waals surface area contributed by atoms with Crippen molar-refractivity contribution in [1.29, 1.82) is 0 Å². The number of hydrogen-bond donors (Lipinski definition) is 2. The van der Waals surface area contributed by atoms with Crippen molar-refractivity contribution in [3.05, 3.63) is 59.2 Å². The average molecular weight is 527 g/mol. The second-order valence-corrected chi connectivity index (χ2v) is 6.64. The third-order valence-electron chi connectivity index (χ3n) is 4.35. The number of nitrogens with zero attached hydrogens (tertiary/aromatic N) is 1. The summed E-state index contributed by atoms with van der Waals surface area (Å²) in [5.74, 6) is 2.54. The molecule has 0 aromatic heterocycles. The summed E-state index contributed by atoms with van der Waals surface area (Å²) in [7, 11) is 3.45. The molecule has 0 aliphatic heterocycles. The van der Waals surface area contributed by atoms with E-state index in [0.717, 1.165) is 41.6 Å². The summed E-state index contributed by atoms with van der Waals surface area (Å²) in [6, 6.07) is 14.4. The van der Waals surface area contributed by atoms with Gasteiger partial charge in [0, 0.05) is 32.8 Å². The summed E-state index contributed by atoms with van der Waals surface area (Å²) in [4.78, 5) is 4.31. The molecule has 0 atom stereocenters. The predicted octanol–water partition coefficient (Wildman–Crippen LogP) is 3.94. The van der Waals surface area contributed by atoms with Crippen LogP contribution in [-0.4, -0.2) is 46.5 Å². The lowest BCUT2D eigenvalue weighted by Crippen LogP contribution is -2.37. The maximum atomic E-state index is 5.86. The zero-order chi connectivity index (χ0) is 20.9. The van der Waals surface area contributed by atoms with Gasteiger partial charge in [0.2, 0.25) is 0 Å². The molecule has 30 heavy (non-hydrogen) atoms. The molecule has 0 amide bonds. The number of aliphatic imine (C=N–C) groups is 1. The lowest BCUT2D eigenvalue weighted by atomic mass is 10.1. The lowest BCUT2D eigenvalue weighted by Gasteiger charge is -2.15. The van der Waals surface area contributed by atoms with Crippen LogP contribution in [0, 0.1) is 6.92 Å². The Morgan fingerprint density at radius 3 is 2.60 bits per heavy atom. The van der Waals surface area contributed by atoms with Gasteiger partial charge in [-0.25, -0.2) is 0 Å². The van der Waals surface area contributed by atoms with Crippen molar-refractivity contribution < 1.29 is 14.2 Å². The Labute approximate surface area is 197 Å². The summed E-state index contributed by atoms with van der Waals surface area (Å²) < 4.78 is 16.5. The van der Waals surface area contributed by atoms with Crippen molar-refractivity contribution >= 4 is 29.9 Å². The topological polar surface area (TPSA) is 64.1 Å². The monoisotopic (exact) mass is 527 g/mol. The van der Waals surface area contributed by atoms with Crippen LogP contribution in [0.5, 0.6) is 11.5 Å². The Hall–Kier alpha value is -2.00. The first-order valence-electron chi connectivity index (χ1n) is 10.0. The van der Waals surface area contributed by atoms with E-state index in [1.54, 1.807) is 14.2 Å². The molecule has 0 fully saturated rings. The SMILES string of the molecule is CCOc1cccc(CCNC(=NC)NCc2ccc(C)cc2OCCOC)c1.I. The van der Waals surface area contributed by atoms with E-state index in [-0.39, 0.29) is 24.0 Å². The van der Waals surface area contributed by atoms with Gasteiger partial charge in [-0.3, -0.25) is 4.99 Å². The minimum Gasteiger partial charge on any atom is -0.494 e. The molecular weight excluding hydrogens is 493 g/mol. The van der Waals surface area contributed by atoms with E-state index in [1.807, 2.05) is 25.1 Å². The molecular formula is C23H34IN3O3. The Bertz CT molecular complexity index is 784. The molecule has 2 rings (SSSR count). The fourth-order valence-electron chi connectivity index (χ4n) is 2.86. The van der Waals surface area contributed by atoms with Gasteiger partial charge in [-0.15, -0.1) is 24.0 Å². The van der Waals surface area contributed by atoms with E-state index in [1.165, 1.54) is 5.56 Å². The quantitative estimate of drug-likeness (QED) is 0.201. The van der Waals surface area contributed by atoms with Crippen LogP contribution in [0.4, 0.5) is 0 Å². The summed E-state index contributed by atoms with van der Waals surface area (Å²) in [5.41, 5.74) is 3.48. The minimum absolute atomic E-state index is 0. The summed E-state index contributed by atoms with van der Waals surface area (Å²) in [6.07, 6.45) is 0.886. The van der Waals surface area contributed by atoms with Crippen LogP contribution in [0.15, 0.2) is 47.5 Å². The highest BCUT2D eigenvalue weighted by Gasteiger charge is 2.06. The molecule has 0 saturated heterocycles. The molecule has 0 radical (unpaired) electrons. The van der Waals surface area contributed by atoms with Crippen molar-refractivity contribution in [1.82, 2.24) is 10.6 Å². The maximum Gasteiger partial charge on any atom is 0.191 e. The minimum atomic E-state index is 0. The van der Waals surface area contributed by atoms with Crippen LogP contribution in [-0.2, 0) is 17.7 Å². The molecule has 6 nitrogen and oxygen atoms in total. The predicted molar refractivity (Wildman–Crippen MR) is 133 cm³/mol. The van der Waals surface area contributed by atoms with Gasteiger partial charge in [-0.05, 0) is 49.6 Å². The molecule has 0 spiro atoms. The Kier molecular flexibility index (Phi) is 12.9. The average Bonchev–Trinajstić information content (AvgIpc) is 2.72. The number of nitrogens with one attached hydrogen (secondary N) is 2. The van der Waals surface area contributed by atoms with E-state index in [0.29, 0.717) is 26.4 Å². The lowest BCUT2D eigenvalue weighted by molar-refractivity contribution is 0.145. The Morgan fingerprint density at radius 1 is 1.03 bits per heavy atom. The largest absolute Gasteiger partial charge is 0.494 e. The first kappa shape index (κ1) is 26.0. The van der Waals surface area contributed by atoms with Gasteiger partial charge in [-0.1, -0.05) is 24.3 Å². The van der Waals surface area contributed by atoms with Crippen molar-refractivity contribution in [3.8, 4) is 11.5 Å². The van der Waals surface area contributed by atoms with Gasteiger partial charge in [0.05, 0.1) is 13.2 Å². The highest BCUT2D eigenvalue weighted by molar-refractivity contribution is 14.0. The first-order chi connectivity index (χ1) is 14.2. The molecule has 2 aromatic rings. The Morgan fingerprint density at radius 2 is 1.87 bits per heavy atom. The molecule has 0 saturated carbocycles. The third-order valence-corrected chi connectivity index (χ3v) is 4.35. The van der Waals surface area contributed by atoms with Gasteiger partial charge in [-0.2, -0.15) is 0 Å². The van der Waals surface area contributed by atoms with Crippen LogP contribution in [0.3, 0.4) is 0 Å². The standard InChI is InChI=1S/C23H33N3O3.HI/c1-5-28-21-8-6-7-19(16-21)11-12-25-23(24-3)26-17-20-10-9-18(2)15-22(20)29-14-13-27-4;/h6-10,15-16H,5,11-14,17H2,1-4H3,(H2,24,25,26);1H. The van der Waals surface area contributed by atoms with Crippen molar-refractivity contribution in [3.63, 3.8) is 0 Å². The zero-order valence-electron chi connectivity index (χ0n) is 18.4. The summed E-state index contributed by atoms with van der Waals surface area (Å²) >= 11 is 0. The first-order valence-corrected chi connectivity index (χ1v) is 10.0. The number of benzene rings is 2. The van der Waals surface area contributed by atoms with E-state index in [4.69, 9.17) is 14.2 Å². The fraction of sp³-hybridized carbons (Fsp3) is 0.435. The van der Waals surface area contributed by atoms with E-state index < -0.39 is 0 Å². The number of halogens is 1. The van der Waals surface area contributed by atoms with E-state index in [9.17, 15) is 0 Å². The fourth-order valence-corrected chi connectivity index (χ4v) is 2.86. The van der Waals surface area contributed by atoms with Crippen LogP contribution in [0.1, 0.15) is 23.6 Å². The smallest absolute Gasteiger partial charge is 0.191 e. The van der Waals surface area contributed by atoms with E-state index in [2.05, 4.69) is 46.8 Å². The molecule has 0 aliphatic carbocycles. The van der Waals surface area contributed by atoms with Gasteiger partial charge in [0.15, 0.2) is 5.96 Å². The van der Waals surface area contributed by atoms with Crippen molar-refractivity contribution in [2.24, 2.45) is 4.99 Å². The third kappa shape index (κ3) is 9.21. The normalized spacial score (nSPS) is 10.9. The number of methoxy groups -OCH3 is 1. The number of hydrogen-bond acceptors (Lipinski definition) is 4. The maximum absolute atomic E-state index is 5.86. The van der Waals surface area contributed by atoms with Crippen LogP contribution in [0.25, 0.3) is 0 Å². The molecule has 2 N–H and O–H groups in total. The van der Waals surface area contributed by atoms with Gasteiger partial charge < -0.3 is 24.8 Å². The van der Waals surface area contributed by atoms with Crippen LogP contribution >= 0.6 is 24.0 Å². The van der Waals surface area contributed by atoms with Crippen LogP contribution in [0.2, 0.25) is 0 Å². The number of aryl methyl sites for hydroxylation is 1. The number of rotatable bonds is 11. The van der Waals surface area contributed by atoms with Gasteiger partial charge in [0.1, 0.15) is 18.1 Å². The van der Waals surface area contributed by atoms with Crippen LogP contribution < -0.4 is 20.1 Å². The molecule has 0 unspecified atom stereocenters. The molecule has 7 heteroatoms. The Balaban J connectivity index is 0.00000450. The summed E-state index contributed by atoms with van der Waals surface area (Å²) in [5, 5.41) is 6.72.